The Kier molecular flexibility index (Phi) is 8.02. The second kappa shape index (κ2) is 10.8. The van der Waals surface area contributed by atoms with Crippen LogP contribution in [0.15, 0.2) is 64.6 Å². The molecule has 2 aromatic rings. The number of nitrogens with zero attached hydrogens (tertiary/aromatic N) is 1. The van der Waals surface area contributed by atoms with Gasteiger partial charge in [0.1, 0.15) is 11.8 Å². The van der Waals surface area contributed by atoms with E-state index in [1.807, 2.05) is 6.92 Å². The zero-order chi connectivity index (χ0) is 24.9. The number of esters is 2. The highest BCUT2D eigenvalue weighted by molar-refractivity contribution is 7.89. The van der Waals surface area contributed by atoms with Crippen LogP contribution in [0, 0.1) is 6.92 Å². The molecule has 0 saturated carbocycles. The molecule has 1 N–H and O–H groups in total. The van der Waals surface area contributed by atoms with Gasteiger partial charge in [0.2, 0.25) is 6.29 Å². The van der Waals surface area contributed by atoms with Crippen molar-refractivity contribution in [1.29, 1.82) is 0 Å². The minimum atomic E-state index is -4.07. The first kappa shape index (κ1) is 25.3. The molecule has 0 spiro atoms. The smallest absolute Gasteiger partial charge is 0.338 e. The van der Waals surface area contributed by atoms with Gasteiger partial charge in [-0.3, -0.25) is 4.79 Å². The summed E-state index contributed by atoms with van der Waals surface area (Å²) >= 11 is 0. The molecule has 182 valence electrons. The molecule has 0 radical (unpaired) electrons. The molecule has 1 aliphatic heterocycles. The van der Waals surface area contributed by atoms with Gasteiger partial charge in [-0.05, 0) is 38.1 Å². The first-order chi connectivity index (χ1) is 16.1. The quantitative estimate of drug-likeness (QED) is 0.462. The summed E-state index contributed by atoms with van der Waals surface area (Å²) in [6.07, 6.45) is -4.35. The number of hydrogen-bond donors (Lipinski definition) is 1. The maximum Gasteiger partial charge on any atom is 0.338 e. The van der Waals surface area contributed by atoms with Gasteiger partial charge in [-0.1, -0.05) is 35.9 Å². The predicted molar refractivity (Wildman–Crippen MR) is 121 cm³/mol. The topological polar surface area (TPSA) is 130 Å². The molecule has 11 heteroatoms. The molecule has 34 heavy (non-hydrogen) atoms. The van der Waals surface area contributed by atoms with E-state index < -0.39 is 46.6 Å². The summed E-state index contributed by atoms with van der Waals surface area (Å²) in [5, 5.41) is 4.03. The van der Waals surface area contributed by atoms with E-state index in [0.29, 0.717) is 0 Å². The van der Waals surface area contributed by atoms with Crippen LogP contribution in [0.25, 0.3) is 0 Å². The average Bonchev–Trinajstić information content (AvgIpc) is 2.81. The summed E-state index contributed by atoms with van der Waals surface area (Å²) in [6.45, 7) is 4.61. The molecule has 1 heterocycles. The number of benzene rings is 2. The summed E-state index contributed by atoms with van der Waals surface area (Å²) in [6, 6.07) is 14.3. The minimum Gasteiger partial charge on any atom is -0.453 e. The summed E-state index contributed by atoms with van der Waals surface area (Å²) in [7, 11) is -2.74. The van der Waals surface area contributed by atoms with Crippen molar-refractivity contribution >= 4 is 27.7 Å². The van der Waals surface area contributed by atoms with Crippen LogP contribution >= 0.6 is 0 Å². The SMILES string of the molecule is CO[C@H]1O[C@@H](C)[C@@H](OC(C)=O)C(=NNS(=O)(=O)c2ccc(C)cc2)[C@@H]1OC(=O)c1ccccc1. The zero-order valence-electron chi connectivity index (χ0n) is 19.1. The van der Waals surface area contributed by atoms with E-state index in [0.717, 1.165) is 5.56 Å². The fourth-order valence-electron chi connectivity index (χ4n) is 3.29. The number of carbonyl (C=O) groups excluding carboxylic acids is 2. The third-order valence-electron chi connectivity index (χ3n) is 5.00. The Morgan fingerprint density at radius 1 is 1.00 bits per heavy atom. The molecular weight excluding hydrogens is 464 g/mol. The highest BCUT2D eigenvalue weighted by Crippen LogP contribution is 2.25. The standard InChI is InChI=1S/C23H26N2O8S/c1-14-10-12-18(13-11-14)34(28,29)25-24-19-20(32-16(3)26)15(2)31-23(30-4)21(19)33-22(27)17-8-6-5-7-9-17/h5-13,15,20-21,23,25H,1-4H3/t15-,20+,21-,23-/m0/s1. The van der Waals surface area contributed by atoms with Crippen LogP contribution in [0.4, 0.5) is 0 Å². The monoisotopic (exact) mass is 490 g/mol. The van der Waals surface area contributed by atoms with Crippen molar-refractivity contribution in [3.8, 4) is 0 Å². The normalized spacial score (nSPS) is 23.8. The van der Waals surface area contributed by atoms with Crippen molar-refractivity contribution in [3.05, 3.63) is 65.7 Å². The molecule has 0 aromatic heterocycles. The van der Waals surface area contributed by atoms with Crippen molar-refractivity contribution in [1.82, 2.24) is 4.83 Å². The van der Waals surface area contributed by atoms with Gasteiger partial charge in [-0.2, -0.15) is 18.4 Å². The molecule has 1 fully saturated rings. The number of rotatable bonds is 7. The lowest BCUT2D eigenvalue weighted by molar-refractivity contribution is -0.218. The molecule has 0 amide bonds. The maximum atomic E-state index is 12.8. The minimum absolute atomic E-state index is 0.0206. The van der Waals surface area contributed by atoms with E-state index in [4.69, 9.17) is 18.9 Å². The van der Waals surface area contributed by atoms with Gasteiger partial charge in [-0.15, -0.1) is 0 Å². The molecule has 3 rings (SSSR count). The van der Waals surface area contributed by atoms with E-state index >= 15 is 0 Å². The number of hydrogen-bond acceptors (Lipinski definition) is 9. The van der Waals surface area contributed by atoms with E-state index in [-0.39, 0.29) is 16.2 Å². The molecule has 2 aromatic carbocycles. The van der Waals surface area contributed by atoms with Crippen molar-refractivity contribution in [2.45, 2.75) is 50.3 Å². The van der Waals surface area contributed by atoms with Crippen molar-refractivity contribution < 1.29 is 37.0 Å². The van der Waals surface area contributed by atoms with E-state index in [2.05, 4.69) is 9.93 Å². The van der Waals surface area contributed by atoms with Gasteiger partial charge < -0.3 is 18.9 Å². The second-order valence-electron chi connectivity index (χ2n) is 7.61. The highest BCUT2D eigenvalue weighted by atomic mass is 32.2. The van der Waals surface area contributed by atoms with Gasteiger partial charge in [0.25, 0.3) is 10.0 Å². The van der Waals surface area contributed by atoms with E-state index in [1.165, 1.54) is 26.2 Å². The van der Waals surface area contributed by atoms with Crippen LogP contribution < -0.4 is 4.83 Å². The molecular formula is C23H26N2O8S. The van der Waals surface area contributed by atoms with Crippen LogP contribution in [0.3, 0.4) is 0 Å². The molecule has 0 aliphatic carbocycles. The molecule has 4 atom stereocenters. The number of hydrazone groups is 1. The van der Waals surface area contributed by atoms with Crippen LogP contribution in [-0.4, -0.2) is 57.8 Å². The van der Waals surface area contributed by atoms with Crippen molar-refractivity contribution in [3.63, 3.8) is 0 Å². The van der Waals surface area contributed by atoms with Gasteiger partial charge in [-0.25, -0.2) is 4.79 Å². The number of carbonyl (C=O) groups is 2. The Balaban J connectivity index is 1.99. The number of methoxy groups -OCH3 is 1. The summed E-state index contributed by atoms with van der Waals surface area (Å²) in [5.41, 5.74) is 1.05. The van der Waals surface area contributed by atoms with Crippen molar-refractivity contribution in [2.24, 2.45) is 5.10 Å². The largest absolute Gasteiger partial charge is 0.453 e. The molecule has 1 aliphatic rings. The average molecular weight is 491 g/mol. The van der Waals surface area contributed by atoms with Crippen LogP contribution in [0.2, 0.25) is 0 Å². The maximum absolute atomic E-state index is 12.8. The fraction of sp³-hybridized carbons (Fsp3) is 0.348. The molecule has 0 bridgehead atoms. The Labute approximate surface area is 197 Å². The van der Waals surface area contributed by atoms with Crippen molar-refractivity contribution in [2.75, 3.05) is 7.11 Å². The van der Waals surface area contributed by atoms with Crippen LogP contribution in [-0.2, 0) is 33.8 Å². The summed E-state index contributed by atoms with van der Waals surface area (Å²) in [4.78, 5) is 26.6. The zero-order valence-corrected chi connectivity index (χ0v) is 19.9. The predicted octanol–water partition coefficient (Wildman–Crippen LogP) is 2.18. The Bertz CT molecular complexity index is 1150. The van der Waals surface area contributed by atoms with Crippen LogP contribution in [0.1, 0.15) is 29.8 Å². The molecule has 1 saturated heterocycles. The van der Waals surface area contributed by atoms with E-state index in [9.17, 15) is 18.0 Å². The number of aryl methyl sites for hydroxylation is 1. The number of sulfonamides is 1. The summed E-state index contributed by atoms with van der Waals surface area (Å²) < 4.78 is 47.6. The molecule has 0 unspecified atom stereocenters. The number of ether oxygens (including phenoxy) is 4. The lowest BCUT2D eigenvalue weighted by atomic mass is 10.00. The summed E-state index contributed by atoms with van der Waals surface area (Å²) in [5.74, 6) is -1.37. The molecule has 10 nitrogen and oxygen atoms in total. The first-order valence-corrected chi connectivity index (χ1v) is 11.9. The lowest BCUT2D eigenvalue weighted by Crippen LogP contribution is -2.57. The van der Waals surface area contributed by atoms with E-state index in [1.54, 1.807) is 49.4 Å². The van der Waals surface area contributed by atoms with Crippen LogP contribution in [0.5, 0.6) is 0 Å². The second-order valence-corrected chi connectivity index (χ2v) is 9.27. The Hall–Kier alpha value is -3.28. The van der Waals surface area contributed by atoms with Gasteiger partial charge >= 0.3 is 11.9 Å². The first-order valence-electron chi connectivity index (χ1n) is 10.4. The Morgan fingerprint density at radius 3 is 2.24 bits per heavy atom. The fourth-order valence-corrected chi connectivity index (χ4v) is 4.12. The third-order valence-corrected chi connectivity index (χ3v) is 6.22. The van der Waals surface area contributed by atoms with Gasteiger partial charge in [0.15, 0.2) is 12.2 Å². The Morgan fingerprint density at radius 2 is 1.65 bits per heavy atom. The van der Waals surface area contributed by atoms with Gasteiger partial charge in [0.05, 0.1) is 10.5 Å². The number of nitrogens with one attached hydrogen (secondary N) is 1. The van der Waals surface area contributed by atoms with Gasteiger partial charge in [0, 0.05) is 14.0 Å². The third kappa shape index (κ3) is 5.99. The lowest BCUT2D eigenvalue weighted by Gasteiger charge is -2.39. The highest BCUT2D eigenvalue weighted by Gasteiger charge is 2.46.